The smallest absolute Gasteiger partial charge is 0.150 e. The molecule has 2 rings (SSSR count). The molecular formula is C13H5Cl5O. The van der Waals surface area contributed by atoms with E-state index in [0.29, 0.717) is 28.0 Å². The summed E-state index contributed by atoms with van der Waals surface area (Å²) in [5.41, 5.74) is 1.28. The second-order valence-corrected chi connectivity index (χ2v) is 5.70. The zero-order chi connectivity index (χ0) is 14.2. The third kappa shape index (κ3) is 2.86. The van der Waals surface area contributed by atoms with E-state index in [1.54, 1.807) is 18.2 Å². The first-order chi connectivity index (χ1) is 8.95. The van der Waals surface area contributed by atoms with Gasteiger partial charge in [0.2, 0.25) is 0 Å². The van der Waals surface area contributed by atoms with Crippen molar-refractivity contribution < 1.29 is 4.79 Å². The van der Waals surface area contributed by atoms with Crippen LogP contribution in [0.3, 0.4) is 0 Å². The van der Waals surface area contributed by atoms with E-state index in [1.807, 2.05) is 0 Å². The van der Waals surface area contributed by atoms with E-state index in [9.17, 15) is 4.79 Å². The van der Waals surface area contributed by atoms with E-state index >= 15 is 0 Å². The lowest BCUT2D eigenvalue weighted by Gasteiger charge is -2.12. The summed E-state index contributed by atoms with van der Waals surface area (Å²) in [7, 11) is 0. The van der Waals surface area contributed by atoms with Crippen molar-refractivity contribution in [3.05, 3.63) is 54.9 Å². The Morgan fingerprint density at radius 2 is 1.42 bits per heavy atom. The van der Waals surface area contributed by atoms with Gasteiger partial charge in [0.15, 0.2) is 6.29 Å². The molecule has 0 spiro atoms. The number of hydrogen-bond donors (Lipinski definition) is 0. The van der Waals surface area contributed by atoms with Gasteiger partial charge in [0.25, 0.3) is 0 Å². The Bertz CT molecular complexity index is 640. The third-order valence-corrected chi connectivity index (χ3v) is 4.33. The van der Waals surface area contributed by atoms with E-state index < -0.39 is 0 Å². The van der Waals surface area contributed by atoms with Crippen molar-refractivity contribution in [1.82, 2.24) is 0 Å². The lowest BCUT2D eigenvalue weighted by atomic mass is 10.00. The van der Waals surface area contributed by atoms with Crippen molar-refractivity contribution >= 4 is 64.3 Å². The monoisotopic (exact) mass is 352 g/mol. The molecule has 0 saturated heterocycles. The summed E-state index contributed by atoms with van der Waals surface area (Å²) in [6, 6.07) is 6.21. The van der Waals surface area contributed by atoms with E-state index in [4.69, 9.17) is 58.0 Å². The predicted molar refractivity (Wildman–Crippen MR) is 82.3 cm³/mol. The third-order valence-electron chi connectivity index (χ3n) is 2.52. The summed E-state index contributed by atoms with van der Waals surface area (Å²) in [4.78, 5) is 11.1. The fourth-order valence-corrected chi connectivity index (χ4v) is 2.84. The molecule has 0 N–H and O–H groups in total. The van der Waals surface area contributed by atoms with Crippen LogP contribution in [-0.4, -0.2) is 6.29 Å². The molecule has 98 valence electrons. The van der Waals surface area contributed by atoms with Crippen molar-refractivity contribution in [2.45, 2.75) is 0 Å². The standard InChI is InChI=1S/C13H5Cl5O/c14-7-2-1-6(5-19)8(3-7)11-12(17)9(15)4-10(16)13(11)18/h1-5H. The molecular weight excluding hydrogens is 349 g/mol. The highest BCUT2D eigenvalue weighted by Gasteiger charge is 2.18. The second kappa shape index (κ2) is 5.90. The number of hydrogen-bond acceptors (Lipinski definition) is 1. The number of halogens is 5. The number of carbonyl (C=O) groups is 1. The van der Waals surface area contributed by atoms with Crippen LogP contribution < -0.4 is 0 Å². The zero-order valence-electron chi connectivity index (χ0n) is 9.18. The van der Waals surface area contributed by atoms with E-state index in [-0.39, 0.29) is 20.1 Å². The van der Waals surface area contributed by atoms with Gasteiger partial charge in [-0.3, -0.25) is 4.79 Å². The van der Waals surface area contributed by atoms with Crippen LogP contribution in [0.15, 0.2) is 24.3 Å². The molecule has 0 saturated carbocycles. The Labute approximate surface area is 135 Å². The lowest BCUT2D eigenvalue weighted by Crippen LogP contribution is -1.91. The van der Waals surface area contributed by atoms with Gasteiger partial charge in [-0.1, -0.05) is 58.0 Å². The number of rotatable bonds is 2. The van der Waals surface area contributed by atoms with E-state index in [2.05, 4.69) is 0 Å². The van der Waals surface area contributed by atoms with Gasteiger partial charge in [-0.15, -0.1) is 0 Å². The average Bonchev–Trinajstić information content (AvgIpc) is 2.37. The summed E-state index contributed by atoms with van der Waals surface area (Å²) in [5.74, 6) is 0. The minimum Gasteiger partial charge on any atom is -0.298 e. The second-order valence-electron chi connectivity index (χ2n) is 3.69. The fraction of sp³-hybridized carbons (Fsp3) is 0. The first-order valence-electron chi connectivity index (χ1n) is 5.03. The van der Waals surface area contributed by atoms with Crippen LogP contribution in [0.25, 0.3) is 11.1 Å². The number of benzene rings is 2. The van der Waals surface area contributed by atoms with E-state index in [1.165, 1.54) is 6.07 Å². The van der Waals surface area contributed by atoms with Crippen LogP contribution in [-0.2, 0) is 0 Å². The molecule has 0 heterocycles. The molecule has 6 heteroatoms. The fourth-order valence-electron chi connectivity index (χ4n) is 1.66. The van der Waals surface area contributed by atoms with Crippen molar-refractivity contribution in [2.24, 2.45) is 0 Å². The minimum atomic E-state index is 0.224. The molecule has 1 nitrogen and oxygen atoms in total. The van der Waals surface area contributed by atoms with Crippen LogP contribution >= 0.6 is 58.0 Å². The normalized spacial score (nSPS) is 10.6. The first kappa shape index (κ1) is 15.0. The highest BCUT2D eigenvalue weighted by Crippen LogP contribution is 2.44. The Balaban J connectivity index is 2.86. The van der Waals surface area contributed by atoms with Gasteiger partial charge in [0, 0.05) is 16.1 Å². The van der Waals surface area contributed by atoms with E-state index in [0.717, 1.165) is 0 Å². The van der Waals surface area contributed by atoms with Gasteiger partial charge in [0.1, 0.15) is 0 Å². The zero-order valence-corrected chi connectivity index (χ0v) is 13.0. The van der Waals surface area contributed by atoms with Crippen LogP contribution in [0, 0.1) is 0 Å². The maximum Gasteiger partial charge on any atom is 0.150 e. The highest BCUT2D eigenvalue weighted by atomic mass is 35.5. The summed E-state index contributed by atoms with van der Waals surface area (Å²) >= 11 is 30.2. The van der Waals surface area contributed by atoms with Gasteiger partial charge in [0.05, 0.1) is 20.1 Å². The van der Waals surface area contributed by atoms with Crippen LogP contribution in [0.5, 0.6) is 0 Å². The van der Waals surface area contributed by atoms with Gasteiger partial charge >= 0.3 is 0 Å². The SMILES string of the molecule is O=Cc1ccc(Cl)cc1-c1c(Cl)c(Cl)cc(Cl)c1Cl. The maximum absolute atomic E-state index is 11.1. The van der Waals surface area contributed by atoms with Gasteiger partial charge in [-0.2, -0.15) is 0 Å². The van der Waals surface area contributed by atoms with Crippen LogP contribution in [0.4, 0.5) is 0 Å². The summed E-state index contributed by atoms with van der Waals surface area (Å²) < 4.78 is 0. The predicted octanol–water partition coefficient (Wildman–Crippen LogP) is 6.43. The number of aldehydes is 1. The molecule has 0 aromatic heterocycles. The van der Waals surface area contributed by atoms with Crippen molar-refractivity contribution in [3.8, 4) is 11.1 Å². The molecule has 2 aromatic rings. The molecule has 0 aliphatic rings. The quantitative estimate of drug-likeness (QED) is 0.448. The van der Waals surface area contributed by atoms with Gasteiger partial charge in [-0.25, -0.2) is 0 Å². The van der Waals surface area contributed by atoms with Crippen molar-refractivity contribution in [2.75, 3.05) is 0 Å². The van der Waals surface area contributed by atoms with Crippen molar-refractivity contribution in [1.29, 1.82) is 0 Å². The highest BCUT2D eigenvalue weighted by molar-refractivity contribution is 6.50. The topological polar surface area (TPSA) is 17.1 Å². The number of carbonyl (C=O) groups excluding carboxylic acids is 1. The van der Waals surface area contributed by atoms with Gasteiger partial charge in [-0.05, 0) is 29.8 Å². The largest absolute Gasteiger partial charge is 0.298 e. The van der Waals surface area contributed by atoms with Crippen LogP contribution in [0.1, 0.15) is 10.4 Å². The molecule has 0 radical (unpaired) electrons. The lowest BCUT2D eigenvalue weighted by molar-refractivity contribution is 0.112. The molecule has 0 bridgehead atoms. The molecule has 19 heavy (non-hydrogen) atoms. The summed E-state index contributed by atoms with van der Waals surface area (Å²) in [6.07, 6.45) is 0.688. The summed E-state index contributed by atoms with van der Waals surface area (Å²) in [5, 5.41) is 1.40. The molecule has 0 aliphatic carbocycles. The molecule has 0 aliphatic heterocycles. The maximum atomic E-state index is 11.1. The molecule has 0 amide bonds. The Kier molecular flexibility index (Phi) is 4.65. The Morgan fingerprint density at radius 1 is 0.842 bits per heavy atom. The molecule has 0 fully saturated rings. The molecule has 0 unspecified atom stereocenters. The molecule has 2 aromatic carbocycles. The molecule has 0 atom stereocenters. The first-order valence-corrected chi connectivity index (χ1v) is 6.92. The van der Waals surface area contributed by atoms with Crippen molar-refractivity contribution in [3.63, 3.8) is 0 Å². The minimum absolute atomic E-state index is 0.224. The average molecular weight is 354 g/mol. The summed E-state index contributed by atoms with van der Waals surface area (Å²) in [6.45, 7) is 0. The van der Waals surface area contributed by atoms with Crippen LogP contribution in [0.2, 0.25) is 25.1 Å². The Hall–Kier alpha value is -0.440. The van der Waals surface area contributed by atoms with Gasteiger partial charge < -0.3 is 0 Å². The Morgan fingerprint density at radius 3 is 1.95 bits per heavy atom.